The number of benzene rings is 2. The Morgan fingerprint density at radius 3 is 2.68 bits per heavy atom. The van der Waals surface area contributed by atoms with E-state index in [1.54, 1.807) is 6.07 Å². The summed E-state index contributed by atoms with van der Waals surface area (Å²) in [5.41, 5.74) is 4.65. The number of hydrogen-bond donors (Lipinski definition) is 0. The van der Waals surface area contributed by atoms with Gasteiger partial charge in [-0.3, -0.25) is 4.39 Å². The first-order valence-electron chi connectivity index (χ1n) is 6.69. The average molecular weight is 258 g/mol. The van der Waals surface area contributed by atoms with Crippen LogP contribution in [-0.4, -0.2) is 6.67 Å². The van der Waals surface area contributed by atoms with Crippen molar-refractivity contribution in [3.63, 3.8) is 0 Å². The smallest absolute Gasteiger partial charge is 0.123 e. The molecule has 1 aliphatic carbocycles. The Labute approximate surface area is 112 Å². The summed E-state index contributed by atoms with van der Waals surface area (Å²) >= 11 is 0. The Balaban J connectivity index is 2.09. The molecule has 2 aromatic carbocycles. The summed E-state index contributed by atoms with van der Waals surface area (Å²) in [5.74, 6) is -0.0482. The van der Waals surface area contributed by atoms with Crippen LogP contribution in [0.25, 0.3) is 0 Å². The Morgan fingerprint density at radius 2 is 1.84 bits per heavy atom. The van der Waals surface area contributed by atoms with Crippen molar-refractivity contribution in [1.29, 1.82) is 0 Å². The maximum Gasteiger partial charge on any atom is 0.123 e. The van der Waals surface area contributed by atoms with E-state index in [4.69, 9.17) is 0 Å². The van der Waals surface area contributed by atoms with Gasteiger partial charge in [0.1, 0.15) is 5.82 Å². The van der Waals surface area contributed by atoms with Gasteiger partial charge in [0.15, 0.2) is 0 Å². The Hall–Kier alpha value is -1.70. The molecule has 0 nitrogen and oxygen atoms in total. The molecule has 0 amide bonds. The van der Waals surface area contributed by atoms with Crippen LogP contribution >= 0.6 is 0 Å². The zero-order valence-electron chi connectivity index (χ0n) is 10.7. The monoisotopic (exact) mass is 258 g/mol. The van der Waals surface area contributed by atoms with Gasteiger partial charge in [0.25, 0.3) is 0 Å². The molecule has 0 saturated heterocycles. The van der Waals surface area contributed by atoms with Crippen molar-refractivity contribution in [3.05, 3.63) is 70.5 Å². The number of alkyl halides is 1. The van der Waals surface area contributed by atoms with Gasteiger partial charge < -0.3 is 0 Å². The molecule has 0 unspecified atom stereocenters. The van der Waals surface area contributed by atoms with Gasteiger partial charge in [0.05, 0.1) is 6.67 Å². The molecule has 0 bridgehead atoms. The minimum Gasteiger partial charge on any atom is -0.251 e. The molecule has 1 atom stereocenters. The largest absolute Gasteiger partial charge is 0.251 e. The molecule has 98 valence electrons. The SMILES string of the molecule is FCC[C@H]1Cc2cc(F)ccc2Cc2ccccc21. The molecule has 0 saturated carbocycles. The van der Waals surface area contributed by atoms with E-state index in [0.717, 1.165) is 24.0 Å². The fourth-order valence-corrected chi connectivity index (χ4v) is 3.02. The van der Waals surface area contributed by atoms with Crippen molar-refractivity contribution < 1.29 is 8.78 Å². The van der Waals surface area contributed by atoms with Gasteiger partial charge in [-0.15, -0.1) is 0 Å². The fourth-order valence-electron chi connectivity index (χ4n) is 3.02. The van der Waals surface area contributed by atoms with Crippen LogP contribution in [0.2, 0.25) is 0 Å². The second-order valence-corrected chi connectivity index (χ2v) is 5.17. The maximum absolute atomic E-state index is 13.4. The molecule has 3 rings (SSSR count). The van der Waals surface area contributed by atoms with Crippen LogP contribution in [-0.2, 0) is 12.8 Å². The van der Waals surface area contributed by atoms with Crippen molar-refractivity contribution in [2.75, 3.05) is 6.67 Å². The van der Waals surface area contributed by atoms with E-state index in [2.05, 4.69) is 12.1 Å². The van der Waals surface area contributed by atoms with E-state index < -0.39 is 0 Å². The highest BCUT2D eigenvalue weighted by atomic mass is 19.1. The summed E-state index contributed by atoms with van der Waals surface area (Å²) in [6.07, 6.45) is 2.05. The van der Waals surface area contributed by atoms with Crippen LogP contribution in [0.1, 0.15) is 34.6 Å². The van der Waals surface area contributed by atoms with Crippen LogP contribution in [0, 0.1) is 5.82 Å². The van der Waals surface area contributed by atoms with E-state index >= 15 is 0 Å². The van der Waals surface area contributed by atoms with E-state index in [1.807, 2.05) is 18.2 Å². The lowest BCUT2D eigenvalue weighted by molar-refractivity contribution is 0.436. The third-order valence-corrected chi connectivity index (χ3v) is 3.97. The average Bonchev–Trinajstić information content (AvgIpc) is 2.56. The molecule has 0 heterocycles. The van der Waals surface area contributed by atoms with Gasteiger partial charge in [-0.2, -0.15) is 0 Å². The van der Waals surface area contributed by atoms with Gasteiger partial charge in [0.2, 0.25) is 0 Å². The Bertz CT molecular complexity index is 590. The van der Waals surface area contributed by atoms with E-state index in [9.17, 15) is 8.78 Å². The molecule has 0 fully saturated rings. The summed E-state index contributed by atoms with van der Waals surface area (Å²) < 4.78 is 26.2. The lowest BCUT2D eigenvalue weighted by atomic mass is 9.89. The predicted octanol–water partition coefficient (Wildman–Crippen LogP) is 4.42. The summed E-state index contributed by atoms with van der Waals surface area (Å²) in [7, 11) is 0. The normalized spacial score (nSPS) is 17.5. The second-order valence-electron chi connectivity index (χ2n) is 5.17. The summed E-state index contributed by atoms with van der Waals surface area (Å²) in [6.45, 7) is -0.330. The fraction of sp³-hybridized carbons (Fsp3) is 0.294. The molecule has 19 heavy (non-hydrogen) atoms. The number of rotatable bonds is 2. The first-order chi connectivity index (χ1) is 9.28. The highest BCUT2D eigenvalue weighted by Crippen LogP contribution is 2.34. The van der Waals surface area contributed by atoms with Crippen molar-refractivity contribution in [2.24, 2.45) is 0 Å². The molecule has 0 N–H and O–H groups in total. The minimum absolute atomic E-state index is 0.157. The van der Waals surface area contributed by atoms with Crippen LogP contribution in [0.4, 0.5) is 8.78 Å². The molecule has 0 radical (unpaired) electrons. The van der Waals surface area contributed by atoms with E-state index in [0.29, 0.717) is 6.42 Å². The zero-order chi connectivity index (χ0) is 13.2. The van der Waals surface area contributed by atoms with Crippen LogP contribution < -0.4 is 0 Å². The van der Waals surface area contributed by atoms with Crippen molar-refractivity contribution in [2.45, 2.75) is 25.2 Å². The molecule has 0 spiro atoms. The summed E-state index contributed by atoms with van der Waals surface area (Å²) in [6, 6.07) is 13.2. The zero-order valence-corrected chi connectivity index (χ0v) is 10.7. The molecular formula is C17H16F2. The standard InChI is InChI=1S/C17H16F2/c18-8-7-14-10-15-11-16(19)6-5-12(15)9-13-3-1-2-4-17(13)14/h1-6,11,14H,7-10H2/t14-/m0/s1. The number of halogens is 2. The quantitative estimate of drug-likeness (QED) is 0.748. The molecule has 1 aliphatic rings. The minimum atomic E-state index is -0.330. The molecule has 0 aromatic heterocycles. The topological polar surface area (TPSA) is 0 Å². The van der Waals surface area contributed by atoms with Gasteiger partial charge in [-0.1, -0.05) is 30.3 Å². The lowest BCUT2D eigenvalue weighted by Crippen LogP contribution is -2.04. The molecule has 2 aromatic rings. The highest BCUT2D eigenvalue weighted by molar-refractivity contribution is 5.42. The third kappa shape index (κ3) is 2.40. The molecule has 2 heteroatoms. The van der Waals surface area contributed by atoms with Crippen molar-refractivity contribution >= 4 is 0 Å². The summed E-state index contributed by atoms with van der Waals surface area (Å²) in [4.78, 5) is 0. The van der Waals surface area contributed by atoms with E-state index in [-0.39, 0.29) is 18.4 Å². The van der Waals surface area contributed by atoms with Gasteiger partial charge in [-0.05, 0) is 59.6 Å². The third-order valence-electron chi connectivity index (χ3n) is 3.97. The second kappa shape index (κ2) is 5.12. The van der Waals surface area contributed by atoms with Crippen molar-refractivity contribution in [3.8, 4) is 0 Å². The van der Waals surface area contributed by atoms with Crippen LogP contribution in [0.3, 0.4) is 0 Å². The Kier molecular flexibility index (Phi) is 3.33. The Morgan fingerprint density at radius 1 is 1.00 bits per heavy atom. The van der Waals surface area contributed by atoms with Gasteiger partial charge in [-0.25, -0.2) is 4.39 Å². The lowest BCUT2D eigenvalue weighted by Gasteiger charge is -2.16. The highest BCUT2D eigenvalue weighted by Gasteiger charge is 2.21. The predicted molar refractivity (Wildman–Crippen MR) is 72.7 cm³/mol. The summed E-state index contributed by atoms with van der Waals surface area (Å²) in [5, 5.41) is 0. The van der Waals surface area contributed by atoms with Gasteiger partial charge >= 0.3 is 0 Å². The number of fused-ring (bicyclic) bond motifs is 2. The van der Waals surface area contributed by atoms with E-state index in [1.165, 1.54) is 17.2 Å². The van der Waals surface area contributed by atoms with Gasteiger partial charge in [0, 0.05) is 0 Å². The molecule has 0 aliphatic heterocycles. The van der Waals surface area contributed by atoms with Crippen LogP contribution in [0.5, 0.6) is 0 Å². The first kappa shape index (κ1) is 12.3. The maximum atomic E-state index is 13.4. The molecular weight excluding hydrogens is 242 g/mol. The number of hydrogen-bond acceptors (Lipinski definition) is 0. The van der Waals surface area contributed by atoms with Crippen LogP contribution in [0.15, 0.2) is 42.5 Å². The van der Waals surface area contributed by atoms with Crippen molar-refractivity contribution in [1.82, 2.24) is 0 Å². The first-order valence-corrected chi connectivity index (χ1v) is 6.69.